The molecule has 5 atom stereocenters. The van der Waals surface area contributed by atoms with E-state index >= 15 is 0 Å². The highest BCUT2D eigenvalue weighted by molar-refractivity contribution is 6.02. The van der Waals surface area contributed by atoms with Crippen LogP contribution in [-0.2, 0) is 19.1 Å². The predicted octanol–water partition coefficient (Wildman–Crippen LogP) is 0.907. The highest BCUT2D eigenvalue weighted by Crippen LogP contribution is 2.53. The number of anilines is 1. The molecule has 3 saturated heterocycles. The Bertz CT molecular complexity index is 820. The van der Waals surface area contributed by atoms with Crippen LogP contribution in [-0.4, -0.2) is 66.4 Å². The lowest BCUT2D eigenvalue weighted by Gasteiger charge is -2.31. The van der Waals surface area contributed by atoms with E-state index < -0.39 is 17.4 Å². The van der Waals surface area contributed by atoms with Gasteiger partial charge in [0.25, 0.3) is 0 Å². The number of carbonyl (C=O) groups excluding carboxylic acids is 2. The van der Waals surface area contributed by atoms with Gasteiger partial charge in [0.2, 0.25) is 11.8 Å². The number of hydrogen-bond acceptors (Lipinski definition) is 6. The van der Waals surface area contributed by atoms with Gasteiger partial charge in [-0.3, -0.25) is 14.5 Å². The summed E-state index contributed by atoms with van der Waals surface area (Å²) in [6.45, 7) is 3.38. The van der Waals surface area contributed by atoms with Gasteiger partial charge in [-0.2, -0.15) is 0 Å². The lowest BCUT2D eigenvalue weighted by atomic mass is 9.76. The predicted molar refractivity (Wildman–Crippen MR) is 93.9 cm³/mol. The van der Waals surface area contributed by atoms with Crippen molar-refractivity contribution in [2.75, 3.05) is 31.7 Å². The van der Waals surface area contributed by atoms with Crippen LogP contribution in [0.5, 0.6) is 0 Å². The van der Waals surface area contributed by atoms with Crippen LogP contribution in [0, 0.1) is 18.8 Å². The molecule has 2 amide bonds. The molecule has 8 heteroatoms. The smallest absolute Gasteiger partial charge is 0.235 e. The summed E-state index contributed by atoms with van der Waals surface area (Å²) in [7, 11) is 1.65. The Morgan fingerprint density at radius 3 is 3.07 bits per heavy atom. The van der Waals surface area contributed by atoms with Crippen LogP contribution in [0.1, 0.15) is 18.6 Å². The van der Waals surface area contributed by atoms with Crippen LogP contribution in [0.3, 0.4) is 0 Å². The zero-order valence-corrected chi connectivity index (χ0v) is 15.5. The van der Waals surface area contributed by atoms with Gasteiger partial charge in [-0.05, 0) is 19.8 Å². The van der Waals surface area contributed by atoms with E-state index in [4.69, 9.17) is 14.0 Å². The van der Waals surface area contributed by atoms with E-state index in [9.17, 15) is 9.59 Å². The maximum atomic E-state index is 13.4. The molecule has 1 spiro atoms. The van der Waals surface area contributed by atoms with Crippen molar-refractivity contribution in [3.8, 4) is 0 Å². The van der Waals surface area contributed by atoms with Crippen molar-refractivity contribution >= 4 is 17.6 Å². The highest BCUT2D eigenvalue weighted by Gasteiger charge is 2.68. The number of rotatable bonds is 4. The Morgan fingerprint density at radius 2 is 2.33 bits per heavy atom. The van der Waals surface area contributed by atoms with E-state index in [0.29, 0.717) is 31.3 Å². The number of aromatic nitrogens is 1. The maximum Gasteiger partial charge on any atom is 0.235 e. The van der Waals surface area contributed by atoms with Gasteiger partial charge in [0.1, 0.15) is 11.4 Å². The topological polar surface area (TPSA) is 85.1 Å². The molecule has 27 heavy (non-hydrogen) atoms. The van der Waals surface area contributed by atoms with Gasteiger partial charge in [0.15, 0.2) is 5.82 Å². The van der Waals surface area contributed by atoms with E-state index in [1.54, 1.807) is 25.0 Å². The first-order valence-electron chi connectivity index (χ1n) is 9.45. The zero-order chi connectivity index (χ0) is 18.8. The lowest BCUT2D eigenvalue weighted by molar-refractivity contribution is -0.141. The highest BCUT2D eigenvalue weighted by atomic mass is 16.5. The van der Waals surface area contributed by atoms with Gasteiger partial charge in [-0.1, -0.05) is 17.3 Å². The molecule has 4 unspecified atom stereocenters. The normalized spacial score (nSPS) is 36.9. The summed E-state index contributed by atoms with van der Waals surface area (Å²) >= 11 is 0. The number of nitrogens with zero attached hydrogens (tertiary/aromatic N) is 3. The number of hydrogen-bond donors (Lipinski definition) is 0. The second-order valence-corrected chi connectivity index (χ2v) is 7.90. The number of likely N-dealkylation sites (tertiary alicyclic amines) is 1. The van der Waals surface area contributed by atoms with Crippen LogP contribution >= 0.6 is 0 Å². The van der Waals surface area contributed by atoms with Crippen LogP contribution in [0.15, 0.2) is 22.7 Å². The standard InChI is InChI=1S/C19H23N3O5/c1-11-8-14(20-27-11)22-10-19-6-5-13(26-19)15(16(19)18(22)24)17(23)21-7-3-4-12(21)9-25-2/h5-6,8,12-13,15-16H,3-4,7,9-10H2,1-2H3/t12-,13?,15?,16?,19?/m0/s1. The number of ether oxygens (including phenoxy) is 2. The number of carbonyl (C=O) groups is 2. The largest absolute Gasteiger partial charge is 0.383 e. The molecule has 0 aliphatic carbocycles. The van der Waals surface area contributed by atoms with Gasteiger partial charge in [0.05, 0.1) is 37.1 Å². The van der Waals surface area contributed by atoms with Crippen molar-refractivity contribution in [1.82, 2.24) is 10.1 Å². The van der Waals surface area contributed by atoms with Gasteiger partial charge in [-0.25, -0.2) is 0 Å². The molecule has 4 aliphatic heterocycles. The van der Waals surface area contributed by atoms with Crippen LogP contribution in [0.4, 0.5) is 5.82 Å². The van der Waals surface area contributed by atoms with Crippen molar-refractivity contribution in [2.24, 2.45) is 11.8 Å². The molecule has 0 N–H and O–H groups in total. The van der Waals surface area contributed by atoms with Gasteiger partial charge in [-0.15, -0.1) is 0 Å². The fraction of sp³-hybridized carbons (Fsp3) is 0.632. The second-order valence-electron chi connectivity index (χ2n) is 7.90. The summed E-state index contributed by atoms with van der Waals surface area (Å²) in [6, 6.07) is 1.81. The molecule has 5 heterocycles. The molecular formula is C19H23N3O5. The summed E-state index contributed by atoms with van der Waals surface area (Å²) in [6.07, 6.45) is 5.44. The molecule has 3 fully saturated rings. The number of methoxy groups -OCH3 is 1. The molecule has 0 saturated carbocycles. The fourth-order valence-electron chi connectivity index (χ4n) is 5.14. The molecule has 8 nitrogen and oxygen atoms in total. The molecule has 2 bridgehead atoms. The van der Waals surface area contributed by atoms with Crippen molar-refractivity contribution in [3.63, 3.8) is 0 Å². The Labute approximate surface area is 157 Å². The van der Waals surface area contributed by atoms with E-state index in [0.717, 1.165) is 12.8 Å². The molecule has 5 rings (SSSR count). The first-order chi connectivity index (χ1) is 13.0. The van der Waals surface area contributed by atoms with Gasteiger partial charge >= 0.3 is 0 Å². The van der Waals surface area contributed by atoms with Gasteiger partial charge < -0.3 is 18.9 Å². The summed E-state index contributed by atoms with van der Waals surface area (Å²) < 4.78 is 16.6. The number of amides is 2. The molecule has 1 aromatic heterocycles. The van der Waals surface area contributed by atoms with Crippen molar-refractivity contribution in [2.45, 2.75) is 37.5 Å². The SMILES string of the molecule is COC[C@@H]1CCCN1C(=O)C1C2C=CC3(CN(c4cc(C)on4)C(=O)C13)O2. The van der Waals surface area contributed by atoms with Crippen molar-refractivity contribution in [3.05, 3.63) is 24.0 Å². The minimum absolute atomic E-state index is 0.00214. The summed E-state index contributed by atoms with van der Waals surface area (Å²) in [5.41, 5.74) is -0.745. The Kier molecular flexibility index (Phi) is 3.70. The molecule has 144 valence electrons. The third-order valence-corrected chi connectivity index (χ3v) is 6.30. The average Bonchev–Trinajstić information content (AvgIpc) is 3.43. The molecule has 4 aliphatic rings. The molecular weight excluding hydrogens is 350 g/mol. The minimum atomic E-state index is -0.745. The van der Waals surface area contributed by atoms with Crippen molar-refractivity contribution < 1.29 is 23.6 Å². The number of fused-ring (bicyclic) bond motifs is 1. The summed E-state index contributed by atoms with van der Waals surface area (Å²) in [4.78, 5) is 30.1. The summed E-state index contributed by atoms with van der Waals surface area (Å²) in [5.74, 6) is 0.00336. The van der Waals surface area contributed by atoms with E-state index in [1.807, 2.05) is 17.1 Å². The average molecular weight is 373 g/mol. The second kappa shape index (κ2) is 5.90. The zero-order valence-electron chi connectivity index (χ0n) is 15.5. The third kappa shape index (κ3) is 2.32. The minimum Gasteiger partial charge on any atom is -0.383 e. The van der Waals surface area contributed by atoms with Gasteiger partial charge in [0, 0.05) is 19.7 Å². The van der Waals surface area contributed by atoms with Crippen LogP contribution in [0.2, 0.25) is 0 Å². The Balaban J connectivity index is 1.45. The van der Waals surface area contributed by atoms with Crippen molar-refractivity contribution in [1.29, 1.82) is 0 Å². The van der Waals surface area contributed by atoms with E-state index in [2.05, 4.69) is 5.16 Å². The number of aryl methyl sites for hydroxylation is 1. The van der Waals surface area contributed by atoms with E-state index in [-0.39, 0.29) is 24.0 Å². The molecule has 0 radical (unpaired) electrons. The third-order valence-electron chi connectivity index (χ3n) is 6.30. The molecule has 1 aromatic rings. The quantitative estimate of drug-likeness (QED) is 0.730. The lowest BCUT2D eigenvalue weighted by Crippen LogP contribution is -2.48. The maximum absolute atomic E-state index is 13.4. The van der Waals surface area contributed by atoms with Crippen LogP contribution < -0.4 is 4.90 Å². The van der Waals surface area contributed by atoms with Crippen LogP contribution in [0.25, 0.3) is 0 Å². The summed E-state index contributed by atoms with van der Waals surface area (Å²) in [5, 5.41) is 3.98. The van der Waals surface area contributed by atoms with E-state index in [1.165, 1.54) is 0 Å². The first kappa shape index (κ1) is 16.9. The fourth-order valence-corrected chi connectivity index (χ4v) is 5.14. The Morgan fingerprint density at radius 1 is 1.48 bits per heavy atom. The Hall–Kier alpha value is -2.19. The first-order valence-corrected chi connectivity index (χ1v) is 9.45. The monoisotopic (exact) mass is 373 g/mol. The molecule has 0 aromatic carbocycles.